The molecule has 2 rings (SSSR count). The van der Waals surface area contributed by atoms with E-state index in [0.29, 0.717) is 23.6 Å². The van der Waals surface area contributed by atoms with Crippen LogP contribution in [0.15, 0.2) is 41.0 Å². The molecule has 0 saturated carbocycles. The molecule has 1 aromatic heterocycles. The van der Waals surface area contributed by atoms with Gasteiger partial charge in [0.2, 0.25) is 0 Å². The minimum Gasteiger partial charge on any atom is -0.465 e. The highest BCUT2D eigenvalue weighted by Crippen LogP contribution is 2.25. The third kappa shape index (κ3) is 3.52. The Bertz CT molecular complexity index is 644. The van der Waals surface area contributed by atoms with Gasteiger partial charge in [-0.25, -0.2) is 9.78 Å². The fourth-order valence-electron chi connectivity index (χ4n) is 1.99. The molecule has 6 heteroatoms. The molecule has 1 aromatic carbocycles. The van der Waals surface area contributed by atoms with Crippen LogP contribution >= 0.6 is 15.9 Å². The summed E-state index contributed by atoms with van der Waals surface area (Å²) in [6.07, 6.45) is 1.55. The fourth-order valence-corrected chi connectivity index (χ4v) is 2.26. The number of pyridine rings is 1. The topological polar surface area (TPSA) is 68.5 Å². The highest BCUT2D eigenvalue weighted by molar-refractivity contribution is 9.10. The van der Waals surface area contributed by atoms with E-state index in [1.807, 2.05) is 36.2 Å². The quantitative estimate of drug-likeness (QED) is 0.859. The van der Waals surface area contributed by atoms with E-state index >= 15 is 0 Å². The molecule has 0 bridgehead atoms. The van der Waals surface area contributed by atoms with Crippen molar-refractivity contribution in [3.63, 3.8) is 0 Å². The van der Waals surface area contributed by atoms with Gasteiger partial charge in [0.25, 0.3) is 0 Å². The van der Waals surface area contributed by atoms with Gasteiger partial charge in [0.1, 0.15) is 0 Å². The Hall–Kier alpha value is -2.08. The first-order valence-electron chi connectivity index (χ1n) is 6.31. The summed E-state index contributed by atoms with van der Waals surface area (Å²) in [6.45, 7) is 0.634. The molecule has 0 spiro atoms. The zero-order chi connectivity index (χ0) is 15.4. The monoisotopic (exact) mass is 349 g/mol. The molecule has 0 radical (unpaired) electrons. The van der Waals surface area contributed by atoms with E-state index in [1.54, 1.807) is 12.3 Å². The molecule has 1 heterocycles. The maximum Gasteiger partial charge on any atom is 0.340 e. The van der Waals surface area contributed by atoms with Gasteiger partial charge in [-0.2, -0.15) is 0 Å². The molecule has 0 aliphatic heterocycles. The second-order valence-corrected chi connectivity index (χ2v) is 5.49. The van der Waals surface area contributed by atoms with E-state index in [1.165, 1.54) is 7.11 Å². The van der Waals surface area contributed by atoms with Gasteiger partial charge in [0.05, 0.1) is 18.4 Å². The highest BCUT2D eigenvalue weighted by atomic mass is 79.9. The molecule has 2 aromatic rings. The van der Waals surface area contributed by atoms with Gasteiger partial charge in [-0.3, -0.25) is 0 Å². The van der Waals surface area contributed by atoms with E-state index in [2.05, 4.69) is 20.9 Å². The molecule has 0 unspecified atom stereocenters. The van der Waals surface area contributed by atoms with Crippen molar-refractivity contribution in [2.45, 2.75) is 6.54 Å². The molecule has 0 atom stereocenters. The van der Waals surface area contributed by atoms with Gasteiger partial charge in [-0.15, -0.1) is 0 Å². The molecule has 0 amide bonds. The number of nitrogens with two attached hydrogens (primary N) is 1. The van der Waals surface area contributed by atoms with E-state index in [0.717, 1.165) is 10.0 Å². The van der Waals surface area contributed by atoms with Crippen molar-refractivity contribution >= 4 is 33.4 Å². The first-order chi connectivity index (χ1) is 10.0. The number of nitrogen functional groups attached to an aromatic ring is 1. The van der Waals surface area contributed by atoms with E-state index in [9.17, 15) is 4.79 Å². The average molecular weight is 350 g/mol. The first kappa shape index (κ1) is 15.3. The van der Waals surface area contributed by atoms with Crippen molar-refractivity contribution in [3.8, 4) is 0 Å². The highest BCUT2D eigenvalue weighted by Gasteiger charge is 2.16. The fraction of sp³-hybridized carbons (Fsp3) is 0.200. The normalized spacial score (nSPS) is 10.2. The van der Waals surface area contributed by atoms with Gasteiger partial charge in [-0.1, -0.05) is 28.1 Å². The summed E-state index contributed by atoms with van der Waals surface area (Å²) < 4.78 is 5.74. The number of rotatable bonds is 4. The second kappa shape index (κ2) is 6.58. The lowest BCUT2D eigenvalue weighted by Gasteiger charge is -2.20. The number of hydrogen-bond acceptors (Lipinski definition) is 5. The molecule has 0 aliphatic carbocycles. The summed E-state index contributed by atoms with van der Waals surface area (Å²) in [5, 5.41) is 0. The SMILES string of the molecule is COC(=O)c1ccnc(N(C)Cc2ccc(Br)cc2)c1N. The smallest absolute Gasteiger partial charge is 0.340 e. The van der Waals surface area contributed by atoms with Crippen molar-refractivity contribution < 1.29 is 9.53 Å². The number of ether oxygens (including phenoxy) is 1. The summed E-state index contributed by atoms with van der Waals surface area (Å²) >= 11 is 3.40. The molecule has 21 heavy (non-hydrogen) atoms. The van der Waals surface area contributed by atoms with Crippen LogP contribution in [0, 0.1) is 0 Å². The summed E-state index contributed by atoms with van der Waals surface area (Å²) in [5.74, 6) is 0.0917. The number of carbonyl (C=O) groups excluding carboxylic acids is 1. The van der Waals surface area contributed by atoms with Crippen molar-refractivity contribution in [2.24, 2.45) is 0 Å². The van der Waals surface area contributed by atoms with Gasteiger partial charge >= 0.3 is 5.97 Å². The lowest BCUT2D eigenvalue weighted by molar-refractivity contribution is 0.0602. The van der Waals surface area contributed by atoms with E-state index in [4.69, 9.17) is 10.5 Å². The molecule has 5 nitrogen and oxygen atoms in total. The molecule has 0 aliphatic rings. The Kier molecular flexibility index (Phi) is 4.80. The Morgan fingerprint density at radius 1 is 1.33 bits per heavy atom. The Morgan fingerprint density at radius 2 is 2.00 bits per heavy atom. The number of benzene rings is 1. The molecule has 2 N–H and O–H groups in total. The number of anilines is 2. The van der Waals surface area contributed by atoms with Crippen molar-refractivity contribution in [2.75, 3.05) is 24.8 Å². The van der Waals surface area contributed by atoms with E-state index < -0.39 is 5.97 Å². The molecule has 0 saturated heterocycles. The van der Waals surface area contributed by atoms with Crippen molar-refractivity contribution in [3.05, 3.63) is 52.1 Å². The van der Waals surface area contributed by atoms with Crippen molar-refractivity contribution in [1.82, 2.24) is 4.98 Å². The number of halogens is 1. The molecular formula is C15H16BrN3O2. The predicted molar refractivity (Wildman–Crippen MR) is 86.2 cm³/mol. The number of methoxy groups -OCH3 is 1. The van der Waals surface area contributed by atoms with E-state index in [-0.39, 0.29) is 0 Å². The second-order valence-electron chi connectivity index (χ2n) is 4.57. The minimum absolute atomic E-state index is 0.323. The minimum atomic E-state index is -0.465. The standard InChI is InChI=1S/C15H16BrN3O2/c1-19(9-10-3-5-11(16)6-4-10)14-13(17)12(7-8-18-14)15(20)21-2/h3-8H,9,17H2,1-2H3. The summed E-state index contributed by atoms with van der Waals surface area (Å²) in [5.41, 5.74) is 7.79. The Labute approximate surface area is 131 Å². The lowest BCUT2D eigenvalue weighted by Crippen LogP contribution is -2.20. The van der Waals surface area contributed by atoms with Gasteiger partial charge < -0.3 is 15.4 Å². The predicted octanol–water partition coefficient (Wildman–Crippen LogP) is 2.85. The van der Waals surface area contributed by atoms with Crippen LogP contribution in [-0.2, 0) is 11.3 Å². The number of nitrogens with zero attached hydrogens (tertiary/aromatic N) is 2. The summed E-state index contributed by atoms with van der Waals surface area (Å²) in [6, 6.07) is 9.54. The van der Waals surface area contributed by atoms with Gasteiger partial charge in [0, 0.05) is 24.3 Å². The third-order valence-corrected chi connectivity index (χ3v) is 3.60. The van der Waals surface area contributed by atoms with Crippen LogP contribution in [0.3, 0.4) is 0 Å². The zero-order valence-electron chi connectivity index (χ0n) is 11.8. The Balaban J connectivity index is 2.25. The van der Waals surface area contributed by atoms with Gasteiger partial charge in [0.15, 0.2) is 5.82 Å². The third-order valence-electron chi connectivity index (χ3n) is 3.07. The zero-order valence-corrected chi connectivity index (χ0v) is 13.4. The number of aromatic nitrogens is 1. The van der Waals surface area contributed by atoms with Crippen molar-refractivity contribution in [1.29, 1.82) is 0 Å². The Morgan fingerprint density at radius 3 is 2.62 bits per heavy atom. The summed E-state index contributed by atoms with van der Waals surface area (Å²) in [7, 11) is 3.20. The first-order valence-corrected chi connectivity index (χ1v) is 7.10. The van der Waals surface area contributed by atoms with Crippen LogP contribution in [0.4, 0.5) is 11.5 Å². The molecule has 0 fully saturated rings. The van der Waals surface area contributed by atoms with Crippen LogP contribution in [0.25, 0.3) is 0 Å². The van der Waals surface area contributed by atoms with Crippen LogP contribution in [0.5, 0.6) is 0 Å². The number of hydrogen-bond donors (Lipinski definition) is 1. The van der Waals surface area contributed by atoms with Crippen LogP contribution in [0.1, 0.15) is 15.9 Å². The van der Waals surface area contributed by atoms with Crippen LogP contribution in [-0.4, -0.2) is 25.1 Å². The number of carbonyl (C=O) groups is 1. The summed E-state index contributed by atoms with van der Waals surface area (Å²) in [4.78, 5) is 17.8. The largest absolute Gasteiger partial charge is 0.465 e. The van der Waals surface area contributed by atoms with Crippen LogP contribution < -0.4 is 10.6 Å². The van der Waals surface area contributed by atoms with Gasteiger partial charge in [-0.05, 0) is 23.8 Å². The molecular weight excluding hydrogens is 334 g/mol. The number of esters is 1. The molecule has 110 valence electrons. The maximum atomic E-state index is 11.7. The van der Waals surface area contributed by atoms with Crippen LogP contribution in [0.2, 0.25) is 0 Å². The lowest BCUT2D eigenvalue weighted by atomic mass is 10.2. The maximum absolute atomic E-state index is 11.7. The average Bonchev–Trinajstić information content (AvgIpc) is 2.49.